The lowest BCUT2D eigenvalue weighted by Crippen LogP contribution is -2.31. The third-order valence-electron chi connectivity index (χ3n) is 3.74. The first-order valence-corrected chi connectivity index (χ1v) is 7.71. The zero-order chi connectivity index (χ0) is 13.8. The fourth-order valence-corrected chi connectivity index (χ4v) is 4.02. The van der Waals surface area contributed by atoms with Crippen molar-refractivity contribution in [3.05, 3.63) is 35.4 Å². The van der Waals surface area contributed by atoms with Crippen LogP contribution in [0, 0.1) is 0 Å². The summed E-state index contributed by atoms with van der Waals surface area (Å²) in [5, 5.41) is 0.384. The van der Waals surface area contributed by atoms with Crippen LogP contribution < -0.4 is 5.73 Å². The Morgan fingerprint density at radius 3 is 2.79 bits per heavy atom. The maximum Gasteiger partial charge on any atom is 0.306 e. The van der Waals surface area contributed by atoms with E-state index in [0.29, 0.717) is 17.6 Å². The second-order valence-electron chi connectivity index (χ2n) is 5.03. The Hall–Kier alpha value is -1.00. The molecular formula is C15H21NO2S. The number of rotatable bonds is 4. The van der Waals surface area contributed by atoms with Crippen molar-refractivity contribution in [1.29, 1.82) is 0 Å². The third kappa shape index (κ3) is 3.31. The second kappa shape index (κ2) is 6.44. The number of fused-ring (bicyclic) bond motifs is 1. The Balaban J connectivity index is 1.99. The molecule has 2 N–H and O–H groups in total. The molecule has 3 atom stereocenters. The molecule has 2 rings (SSSR count). The van der Waals surface area contributed by atoms with Gasteiger partial charge in [0, 0.05) is 17.0 Å². The maximum atomic E-state index is 11.1. The molecule has 0 amide bonds. The molecule has 1 aliphatic rings. The number of nitrogens with two attached hydrogens (primary N) is 1. The van der Waals surface area contributed by atoms with E-state index in [-0.39, 0.29) is 12.0 Å². The summed E-state index contributed by atoms with van der Waals surface area (Å²) in [5.41, 5.74) is 9.00. The van der Waals surface area contributed by atoms with Gasteiger partial charge in [0.05, 0.1) is 13.5 Å². The van der Waals surface area contributed by atoms with Crippen molar-refractivity contribution in [1.82, 2.24) is 0 Å². The van der Waals surface area contributed by atoms with Gasteiger partial charge in [0.15, 0.2) is 0 Å². The van der Waals surface area contributed by atoms with Crippen molar-refractivity contribution >= 4 is 17.7 Å². The Morgan fingerprint density at radius 2 is 2.11 bits per heavy atom. The minimum atomic E-state index is -0.148. The van der Waals surface area contributed by atoms with Gasteiger partial charge in [-0.25, -0.2) is 0 Å². The van der Waals surface area contributed by atoms with Gasteiger partial charge in [-0.3, -0.25) is 4.79 Å². The van der Waals surface area contributed by atoms with Crippen molar-refractivity contribution in [2.45, 2.75) is 37.0 Å². The summed E-state index contributed by atoms with van der Waals surface area (Å²) in [7, 11) is 1.43. The average molecular weight is 279 g/mol. The van der Waals surface area contributed by atoms with Crippen LogP contribution in [0.1, 0.15) is 42.9 Å². The van der Waals surface area contributed by atoms with E-state index in [0.717, 1.165) is 12.2 Å². The molecule has 3 nitrogen and oxygen atoms in total. The Kier molecular flexibility index (Phi) is 4.88. The van der Waals surface area contributed by atoms with Crippen molar-refractivity contribution in [3.63, 3.8) is 0 Å². The molecule has 0 saturated heterocycles. The molecule has 1 aliphatic carbocycles. The summed E-state index contributed by atoms with van der Waals surface area (Å²) < 4.78 is 4.66. The van der Waals surface area contributed by atoms with E-state index in [2.05, 4.69) is 29.9 Å². The highest BCUT2D eigenvalue weighted by atomic mass is 32.2. The standard InChI is InChI=1S/C15H21NO2S/c1-10-9-13(19-8-7-14(17)18-2)15(16)12-6-4-3-5-11(10)12/h3-6,10,13,15H,7-9,16H2,1-2H3. The summed E-state index contributed by atoms with van der Waals surface area (Å²) in [5.74, 6) is 1.16. The smallest absolute Gasteiger partial charge is 0.306 e. The number of ether oxygens (including phenoxy) is 1. The van der Waals surface area contributed by atoms with E-state index in [1.807, 2.05) is 6.07 Å². The fourth-order valence-electron chi connectivity index (χ4n) is 2.65. The molecule has 0 radical (unpaired) electrons. The van der Waals surface area contributed by atoms with Gasteiger partial charge in [-0.05, 0) is 23.5 Å². The summed E-state index contributed by atoms with van der Waals surface area (Å²) in [6.45, 7) is 2.25. The topological polar surface area (TPSA) is 52.3 Å². The lowest BCUT2D eigenvalue weighted by Gasteiger charge is -2.34. The normalized spacial score (nSPS) is 25.7. The van der Waals surface area contributed by atoms with Crippen molar-refractivity contribution in [2.75, 3.05) is 12.9 Å². The van der Waals surface area contributed by atoms with Gasteiger partial charge in [0.1, 0.15) is 0 Å². The summed E-state index contributed by atoms with van der Waals surface area (Å²) in [4.78, 5) is 11.1. The molecule has 0 heterocycles. The van der Waals surface area contributed by atoms with Crippen LogP contribution in [0.3, 0.4) is 0 Å². The van der Waals surface area contributed by atoms with Crippen molar-refractivity contribution in [2.24, 2.45) is 5.73 Å². The maximum absolute atomic E-state index is 11.1. The molecule has 0 saturated carbocycles. The monoisotopic (exact) mass is 279 g/mol. The van der Waals surface area contributed by atoms with Crippen LogP contribution in [-0.4, -0.2) is 24.1 Å². The Bertz CT molecular complexity index is 450. The molecule has 0 aromatic heterocycles. The van der Waals surface area contributed by atoms with Crippen LogP contribution in [0.4, 0.5) is 0 Å². The van der Waals surface area contributed by atoms with Gasteiger partial charge >= 0.3 is 5.97 Å². The molecule has 3 unspecified atom stereocenters. The number of carbonyl (C=O) groups is 1. The average Bonchev–Trinajstić information content (AvgIpc) is 2.44. The molecule has 1 aromatic rings. The van der Waals surface area contributed by atoms with Gasteiger partial charge in [0.2, 0.25) is 0 Å². The van der Waals surface area contributed by atoms with Crippen LogP contribution in [-0.2, 0) is 9.53 Å². The Morgan fingerprint density at radius 1 is 1.42 bits per heavy atom. The van der Waals surface area contributed by atoms with Gasteiger partial charge < -0.3 is 10.5 Å². The van der Waals surface area contributed by atoms with Crippen molar-refractivity contribution in [3.8, 4) is 0 Å². The predicted octanol–water partition coefficient (Wildman–Crippen LogP) is 2.86. The van der Waals surface area contributed by atoms with Crippen LogP contribution in [0.2, 0.25) is 0 Å². The van der Waals surface area contributed by atoms with E-state index < -0.39 is 0 Å². The van der Waals surface area contributed by atoms with E-state index in [9.17, 15) is 4.79 Å². The molecule has 0 bridgehead atoms. The SMILES string of the molecule is COC(=O)CCSC1CC(C)c2ccccc2C1N. The summed E-state index contributed by atoms with van der Waals surface area (Å²) >= 11 is 1.79. The molecule has 4 heteroatoms. The van der Waals surface area contributed by atoms with Gasteiger partial charge in [-0.1, -0.05) is 31.2 Å². The zero-order valence-corrected chi connectivity index (χ0v) is 12.3. The van der Waals surface area contributed by atoms with Crippen LogP contribution >= 0.6 is 11.8 Å². The Labute approximate surface area is 118 Å². The van der Waals surface area contributed by atoms with Crippen LogP contribution in [0.25, 0.3) is 0 Å². The predicted molar refractivity (Wildman–Crippen MR) is 79.3 cm³/mol. The summed E-state index contributed by atoms with van der Waals surface area (Å²) in [6.07, 6.45) is 1.53. The molecule has 104 valence electrons. The minimum Gasteiger partial charge on any atom is -0.469 e. The number of methoxy groups -OCH3 is 1. The van der Waals surface area contributed by atoms with Crippen LogP contribution in [0.15, 0.2) is 24.3 Å². The van der Waals surface area contributed by atoms with Gasteiger partial charge in [-0.2, -0.15) is 11.8 Å². The molecular weight excluding hydrogens is 258 g/mol. The number of esters is 1. The minimum absolute atomic E-state index is 0.0649. The van der Waals surface area contributed by atoms with E-state index in [1.54, 1.807) is 11.8 Å². The van der Waals surface area contributed by atoms with E-state index in [4.69, 9.17) is 5.73 Å². The highest BCUT2D eigenvalue weighted by molar-refractivity contribution is 7.99. The largest absolute Gasteiger partial charge is 0.469 e. The van der Waals surface area contributed by atoms with Crippen molar-refractivity contribution < 1.29 is 9.53 Å². The molecule has 0 aliphatic heterocycles. The highest BCUT2D eigenvalue weighted by Crippen LogP contribution is 2.41. The molecule has 0 spiro atoms. The molecule has 19 heavy (non-hydrogen) atoms. The first-order chi connectivity index (χ1) is 9.13. The van der Waals surface area contributed by atoms with E-state index >= 15 is 0 Å². The fraction of sp³-hybridized carbons (Fsp3) is 0.533. The first-order valence-electron chi connectivity index (χ1n) is 6.66. The molecule has 0 fully saturated rings. The van der Waals surface area contributed by atoms with Gasteiger partial charge in [-0.15, -0.1) is 0 Å². The van der Waals surface area contributed by atoms with Gasteiger partial charge in [0.25, 0.3) is 0 Å². The number of thioether (sulfide) groups is 1. The zero-order valence-electron chi connectivity index (χ0n) is 11.5. The number of hydrogen-bond acceptors (Lipinski definition) is 4. The number of carbonyl (C=O) groups excluding carboxylic acids is 1. The summed E-state index contributed by atoms with van der Waals surface area (Å²) in [6, 6.07) is 8.49. The van der Waals surface area contributed by atoms with Crippen LogP contribution in [0.5, 0.6) is 0 Å². The quantitative estimate of drug-likeness (QED) is 0.861. The lowest BCUT2D eigenvalue weighted by molar-refractivity contribution is -0.140. The first kappa shape index (κ1) is 14.4. The molecule has 1 aromatic carbocycles. The number of hydrogen-bond donors (Lipinski definition) is 1. The lowest BCUT2D eigenvalue weighted by atomic mass is 9.81. The second-order valence-corrected chi connectivity index (χ2v) is 6.37. The highest BCUT2D eigenvalue weighted by Gasteiger charge is 2.30. The third-order valence-corrected chi connectivity index (χ3v) is 5.09. The number of benzene rings is 1. The van der Waals surface area contributed by atoms with E-state index in [1.165, 1.54) is 18.2 Å².